The predicted octanol–water partition coefficient (Wildman–Crippen LogP) is 4.84. The fourth-order valence-corrected chi connectivity index (χ4v) is 3.06. The van der Waals surface area contributed by atoms with Crippen LogP contribution in [0.5, 0.6) is 11.5 Å². The molecule has 0 aliphatic rings. The third kappa shape index (κ3) is 4.03. The first-order chi connectivity index (χ1) is 14.2. The van der Waals surface area contributed by atoms with Gasteiger partial charge in [0.2, 0.25) is 5.95 Å². The molecule has 7 nitrogen and oxygen atoms in total. The van der Waals surface area contributed by atoms with Crippen LogP contribution in [0.4, 0.5) is 23.1 Å². The molecule has 0 saturated carbocycles. The van der Waals surface area contributed by atoms with E-state index in [-0.39, 0.29) is 0 Å². The molecule has 0 fully saturated rings. The van der Waals surface area contributed by atoms with Crippen LogP contribution in [0.2, 0.25) is 0 Å². The first kappa shape index (κ1) is 18.5. The van der Waals surface area contributed by atoms with Crippen molar-refractivity contribution in [2.45, 2.75) is 6.92 Å². The van der Waals surface area contributed by atoms with Gasteiger partial charge in [-0.05, 0) is 31.2 Å². The molecule has 0 atom stereocenters. The van der Waals surface area contributed by atoms with Gasteiger partial charge in [0, 0.05) is 29.4 Å². The maximum atomic E-state index is 5.42. The van der Waals surface area contributed by atoms with Crippen molar-refractivity contribution in [2.24, 2.45) is 0 Å². The highest BCUT2D eigenvalue weighted by Crippen LogP contribution is 2.31. The van der Waals surface area contributed by atoms with E-state index in [2.05, 4.69) is 25.6 Å². The molecule has 4 aromatic rings. The molecule has 29 heavy (non-hydrogen) atoms. The number of methoxy groups -OCH3 is 2. The minimum absolute atomic E-state index is 0.451. The molecular weight excluding hydrogens is 366 g/mol. The number of fused-ring (bicyclic) bond motifs is 1. The lowest BCUT2D eigenvalue weighted by Crippen LogP contribution is -2.04. The van der Waals surface area contributed by atoms with E-state index in [1.165, 1.54) is 0 Å². The molecule has 0 unspecified atom stereocenters. The number of benzene rings is 2. The molecule has 146 valence electrons. The molecule has 0 saturated heterocycles. The Morgan fingerprint density at radius 3 is 2.52 bits per heavy atom. The zero-order valence-corrected chi connectivity index (χ0v) is 16.4. The smallest absolute Gasteiger partial charge is 0.229 e. The van der Waals surface area contributed by atoms with Crippen LogP contribution >= 0.6 is 0 Å². The molecule has 0 amide bonds. The van der Waals surface area contributed by atoms with Crippen molar-refractivity contribution in [2.75, 3.05) is 24.9 Å². The number of aromatic nitrogens is 3. The van der Waals surface area contributed by atoms with Crippen LogP contribution < -0.4 is 20.1 Å². The Kier molecular flexibility index (Phi) is 5.11. The minimum atomic E-state index is 0.451. The Morgan fingerprint density at radius 1 is 0.828 bits per heavy atom. The van der Waals surface area contributed by atoms with Crippen LogP contribution in [0.1, 0.15) is 5.69 Å². The highest BCUT2D eigenvalue weighted by molar-refractivity contribution is 5.91. The van der Waals surface area contributed by atoms with E-state index < -0.39 is 0 Å². The van der Waals surface area contributed by atoms with Gasteiger partial charge in [0.25, 0.3) is 0 Å². The summed E-state index contributed by atoms with van der Waals surface area (Å²) >= 11 is 0. The summed E-state index contributed by atoms with van der Waals surface area (Å²) in [4.78, 5) is 13.6. The van der Waals surface area contributed by atoms with Gasteiger partial charge in [-0.15, -0.1) is 0 Å². The van der Waals surface area contributed by atoms with Crippen LogP contribution in [-0.4, -0.2) is 29.2 Å². The van der Waals surface area contributed by atoms with Gasteiger partial charge >= 0.3 is 0 Å². The molecule has 0 aliphatic carbocycles. The lowest BCUT2D eigenvalue weighted by atomic mass is 10.2. The molecule has 0 aliphatic heterocycles. The second-order valence-corrected chi connectivity index (χ2v) is 6.42. The van der Waals surface area contributed by atoms with Gasteiger partial charge in [-0.2, -0.15) is 4.98 Å². The summed E-state index contributed by atoms with van der Waals surface area (Å²) in [5.74, 6) is 2.50. The molecule has 0 bridgehead atoms. The van der Waals surface area contributed by atoms with Gasteiger partial charge in [0.05, 0.1) is 31.1 Å². The highest BCUT2D eigenvalue weighted by Gasteiger charge is 2.10. The van der Waals surface area contributed by atoms with E-state index >= 15 is 0 Å². The second-order valence-electron chi connectivity index (χ2n) is 6.42. The molecule has 2 heterocycles. The average Bonchev–Trinajstić information content (AvgIpc) is 2.73. The Bertz CT molecular complexity index is 1160. The first-order valence-corrected chi connectivity index (χ1v) is 9.12. The largest absolute Gasteiger partial charge is 0.497 e. The summed E-state index contributed by atoms with van der Waals surface area (Å²) < 4.78 is 10.7. The lowest BCUT2D eigenvalue weighted by Gasteiger charge is -2.14. The van der Waals surface area contributed by atoms with Gasteiger partial charge in [-0.3, -0.25) is 4.98 Å². The Hall–Kier alpha value is -3.87. The van der Waals surface area contributed by atoms with Gasteiger partial charge < -0.3 is 20.1 Å². The summed E-state index contributed by atoms with van der Waals surface area (Å²) in [6, 6.07) is 17.3. The number of nitrogens with one attached hydrogen (secondary N) is 2. The molecule has 7 heteroatoms. The van der Waals surface area contributed by atoms with Crippen LogP contribution in [0.3, 0.4) is 0 Å². The Labute approximate surface area is 168 Å². The number of hydrogen-bond acceptors (Lipinski definition) is 7. The van der Waals surface area contributed by atoms with E-state index in [0.29, 0.717) is 23.3 Å². The maximum absolute atomic E-state index is 5.42. The summed E-state index contributed by atoms with van der Waals surface area (Å²) in [7, 11) is 3.24. The van der Waals surface area contributed by atoms with Crippen molar-refractivity contribution in [3.05, 3.63) is 66.5 Å². The van der Waals surface area contributed by atoms with E-state index in [1.54, 1.807) is 20.4 Å². The molecule has 4 rings (SSSR count). The van der Waals surface area contributed by atoms with Crippen LogP contribution in [0.25, 0.3) is 10.9 Å². The topological polar surface area (TPSA) is 81.2 Å². The quantitative estimate of drug-likeness (QED) is 0.490. The van der Waals surface area contributed by atoms with Crippen LogP contribution in [0, 0.1) is 6.92 Å². The van der Waals surface area contributed by atoms with Gasteiger partial charge in [-0.25, -0.2) is 4.98 Å². The summed E-state index contributed by atoms with van der Waals surface area (Å²) in [5, 5.41) is 7.63. The van der Waals surface area contributed by atoms with Crippen molar-refractivity contribution < 1.29 is 9.47 Å². The number of pyridine rings is 1. The van der Waals surface area contributed by atoms with E-state index in [9.17, 15) is 0 Å². The Morgan fingerprint density at radius 2 is 1.69 bits per heavy atom. The number of nitrogens with zero attached hydrogens (tertiary/aromatic N) is 3. The number of para-hydroxylation sites is 1. The molecular formula is C22H21N5O2. The van der Waals surface area contributed by atoms with Crippen molar-refractivity contribution in [1.82, 2.24) is 15.0 Å². The van der Waals surface area contributed by atoms with Gasteiger partial charge in [-0.1, -0.05) is 18.2 Å². The van der Waals surface area contributed by atoms with E-state index in [4.69, 9.17) is 9.47 Å². The monoisotopic (exact) mass is 387 g/mol. The zero-order valence-electron chi connectivity index (χ0n) is 16.4. The SMILES string of the molecule is COc1ccc(OC)c(Nc2nc(C)cc(Nc3cccc4cccnc34)n2)c1. The Balaban J connectivity index is 1.66. The van der Waals surface area contributed by atoms with Gasteiger partial charge in [0.1, 0.15) is 17.3 Å². The summed E-state index contributed by atoms with van der Waals surface area (Å²) in [6.07, 6.45) is 1.78. The first-order valence-electron chi connectivity index (χ1n) is 9.12. The normalized spacial score (nSPS) is 10.6. The standard InChI is InChI=1S/C22H21N5O2/c1-14-12-20(25-17-8-4-6-15-7-5-11-23-21(15)17)27-22(24-14)26-18-13-16(28-2)9-10-19(18)29-3/h4-13H,1-3H3,(H2,24,25,26,27). The van der Waals surface area contributed by atoms with E-state index in [1.807, 2.05) is 61.5 Å². The lowest BCUT2D eigenvalue weighted by molar-refractivity contribution is 0.405. The van der Waals surface area contributed by atoms with Crippen LogP contribution in [-0.2, 0) is 0 Å². The number of hydrogen-bond donors (Lipinski definition) is 2. The van der Waals surface area contributed by atoms with E-state index in [0.717, 1.165) is 28.0 Å². The summed E-state index contributed by atoms with van der Waals surface area (Å²) in [6.45, 7) is 1.92. The van der Waals surface area contributed by atoms with Gasteiger partial charge in [0.15, 0.2) is 0 Å². The molecule has 0 radical (unpaired) electrons. The maximum Gasteiger partial charge on any atom is 0.229 e. The molecule has 2 N–H and O–H groups in total. The highest BCUT2D eigenvalue weighted by atomic mass is 16.5. The van der Waals surface area contributed by atoms with Crippen molar-refractivity contribution >= 4 is 34.0 Å². The number of anilines is 4. The third-order valence-corrected chi connectivity index (χ3v) is 4.40. The third-order valence-electron chi connectivity index (χ3n) is 4.40. The summed E-state index contributed by atoms with van der Waals surface area (Å²) in [5.41, 5.74) is 3.30. The van der Waals surface area contributed by atoms with Crippen molar-refractivity contribution in [3.63, 3.8) is 0 Å². The number of ether oxygens (including phenoxy) is 2. The second kappa shape index (κ2) is 8.02. The van der Waals surface area contributed by atoms with Crippen molar-refractivity contribution in [3.8, 4) is 11.5 Å². The average molecular weight is 387 g/mol. The molecule has 0 spiro atoms. The number of aryl methyl sites for hydroxylation is 1. The molecule has 2 aromatic carbocycles. The zero-order chi connectivity index (χ0) is 20.2. The fraction of sp³-hybridized carbons (Fsp3) is 0.136. The predicted molar refractivity (Wildman–Crippen MR) is 115 cm³/mol. The fourth-order valence-electron chi connectivity index (χ4n) is 3.06. The van der Waals surface area contributed by atoms with Crippen molar-refractivity contribution in [1.29, 1.82) is 0 Å². The minimum Gasteiger partial charge on any atom is -0.497 e. The van der Waals surface area contributed by atoms with Crippen LogP contribution in [0.15, 0.2) is 60.8 Å². The number of rotatable bonds is 6. The molecule has 2 aromatic heterocycles.